The minimum atomic E-state index is 0.0628. The van der Waals surface area contributed by atoms with Gasteiger partial charge in [-0.1, -0.05) is 51.1 Å². The van der Waals surface area contributed by atoms with Crippen molar-refractivity contribution in [3.8, 4) is 0 Å². The summed E-state index contributed by atoms with van der Waals surface area (Å²) in [4.78, 5) is 33.9. The maximum Gasteiger partial charge on any atom is 0.268 e. The fourth-order valence-corrected chi connectivity index (χ4v) is 6.90. The average Bonchev–Trinajstić information content (AvgIpc) is 3.35. The second-order valence-corrected chi connectivity index (χ2v) is 13.4. The third kappa shape index (κ3) is 5.73. The number of thiophene rings is 1. The lowest BCUT2D eigenvalue weighted by atomic mass is 9.86. The molecule has 7 heteroatoms. The molecule has 1 aromatic heterocycles. The lowest BCUT2D eigenvalue weighted by Crippen LogP contribution is -2.37. The van der Waals surface area contributed by atoms with E-state index in [2.05, 4.69) is 62.1 Å². The summed E-state index contributed by atoms with van der Waals surface area (Å²) < 4.78 is 5.47. The van der Waals surface area contributed by atoms with E-state index in [9.17, 15) is 9.59 Å². The number of hydrogen-bond acceptors (Lipinski definition) is 5. The van der Waals surface area contributed by atoms with Crippen LogP contribution in [-0.2, 0) is 16.7 Å². The van der Waals surface area contributed by atoms with Crippen molar-refractivity contribution in [1.82, 2.24) is 9.80 Å². The van der Waals surface area contributed by atoms with Crippen LogP contribution in [0.25, 0.3) is 0 Å². The maximum absolute atomic E-state index is 13.6. The van der Waals surface area contributed by atoms with Crippen molar-refractivity contribution in [2.45, 2.75) is 32.7 Å². The lowest BCUT2D eigenvalue weighted by Gasteiger charge is -2.27. The Labute approximate surface area is 241 Å². The van der Waals surface area contributed by atoms with Crippen LogP contribution in [0, 0.1) is 17.8 Å². The predicted octanol–water partition coefficient (Wildman–Crippen LogP) is 5.54. The highest BCUT2D eigenvalue weighted by Crippen LogP contribution is 2.52. The van der Waals surface area contributed by atoms with Gasteiger partial charge in [0, 0.05) is 50.5 Å². The topological polar surface area (TPSA) is 53.1 Å². The Bertz CT molecular complexity index is 1310. The van der Waals surface area contributed by atoms with Crippen molar-refractivity contribution >= 4 is 28.8 Å². The van der Waals surface area contributed by atoms with E-state index in [1.54, 1.807) is 0 Å². The Kier molecular flexibility index (Phi) is 7.55. The first-order valence-corrected chi connectivity index (χ1v) is 15.3. The molecule has 3 fully saturated rings. The molecule has 1 saturated carbocycles. The summed E-state index contributed by atoms with van der Waals surface area (Å²) in [5, 5.41) is 1.96. The summed E-state index contributed by atoms with van der Waals surface area (Å²) in [6.07, 6.45) is 0. The van der Waals surface area contributed by atoms with Gasteiger partial charge in [-0.15, -0.1) is 11.3 Å². The molecule has 6 nitrogen and oxygen atoms in total. The largest absolute Gasteiger partial charge is 0.379 e. The Hall–Kier alpha value is -3.00. The standard InChI is InChI=1S/C33H39N3O3S/c1-33(2,3)25-10-8-24(9-11-25)31(37)35-20-27-28(21-35)29(27)22-36(32(38)30-5-4-18-40-30)26-12-6-23(7-13-26)19-34-14-16-39-17-15-34/h4-13,18,27-29H,14-17,19-22H2,1-3H3. The van der Waals surface area contributed by atoms with Gasteiger partial charge in [-0.3, -0.25) is 14.5 Å². The summed E-state index contributed by atoms with van der Waals surface area (Å²) in [5.74, 6) is 1.51. The highest BCUT2D eigenvalue weighted by Gasteiger charge is 2.57. The van der Waals surface area contributed by atoms with Crippen LogP contribution in [0.1, 0.15) is 51.9 Å². The third-order valence-electron chi connectivity index (χ3n) is 8.78. The first-order chi connectivity index (χ1) is 19.3. The van der Waals surface area contributed by atoms with Crippen molar-refractivity contribution < 1.29 is 14.3 Å². The molecule has 2 atom stereocenters. The molecule has 3 aromatic rings. The molecule has 2 saturated heterocycles. The van der Waals surface area contributed by atoms with E-state index in [1.807, 2.05) is 39.4 Å². The molecule has 2 unspecified atom stereocenters. The van der Waals surface area contributed by atoms with Gasteiger partial charge in [0.2, 0.25) is 0 Å². The summed E-state index contributed by atoms with van der Waals surface area (Å²) in [5.41, 5.74) is 4.26. The minimum absolute atomic E-state index is 0.0628. The van der Waals surface area contributed by atoms with Gasteiger partial charge in [0.05, 0.1) is 18.1 Å². The molecule has 0 radical (unpaired) electrons. The molecule has 210 valence electrons. The van der Waals surface area contributed by atoms with E-state index in [0.29, 0.717) is 24.3 Å². The van der Waals surface area contributed by atoms with Crippen LogP contribution < -0.4 is 4.90 Å². The number of anilines is 1. The fraction of sp³-hybridized carbons (Fsp3) is 0.455. The lowest BCUT2D eigenvalue weighted by molar-refractivity contribution is 0.0342. The first kappa shape index (κ1) is 27.2. The van der Waals surface area contributed by atoms with E-state index < -0.39 is 0 Å². The van der Waals surface area contributed by atoms with Gasteiger partial charge in [0.25, 0.3) is 11.8 Å². The third-order valence-corrected chi connectivity index (χ3v) is 9.64. The van der Waals surface area contributed by atoms with Crippen LogP contribution in [-0.4, -0.2) is 67.6 Å². The molecule has 2 amide bonds. The Morgan fingerprint density at radius 2 is 1.62 bits per heavy atom. The van der Waals surface area contributed by atoms with Crippen LogP contribution in [0.3, 0.4) is 0 Å². The highest BCUT2D eigenvalue weighted by molar-refractivity contribution is 7.12. The second-order valence-electron chi connectivity index (χ2n) is 12.5. The van der Waals surface area contributed by atoms with Crippen LogP contribution >= 0.6 is 11.3 Å². The van der Waals surface area contributed by atoms with Gasteiger partial charge in [0.1, 0.15) is 0 Å². The number of ether oxygens (including phenoxy) is 1. The zero-order valence-corrected chi connectivity index (χ0v) is 24.5. The Balaban J connectivity index is 1.11. The monoisotopic (exact) mass is 557 g/mol. The maximum atomic E-state index is 13.6. The molecule has 6 rings (SSSR count). The number of carbonyl (C=O) groups is 2. The van der Waals surface area contributed by atoms with Crippen molar-refractivity contribution in [1.29, 1.82) is 0 Å². The van der Waals surface area contributed by atoms with E-state index in [0.717, 1.165) is 62.1 Å². The van der Waals surface area contributed by atoms with Crippen molar-refractivity contribution in [3.63, 3.8) is 0 Å². The van der Waals surface area contributed by atoms with Gasteiger partial charge in [0.15, 0.2) is 0 Å². The van der Waals surface area contributed by atoms with Crippen LogP contribution in [0.4, 0.5) is 5.69 Å². The number of amides is 2. The first-order valence-electron chi connectivity index (χ1n) is 14.4. The smallest absolute Gasteiger partial charge is 0.268 e. The molecule has 2 aliphatic heterocycles. The molecule has 2 aromatic carbocycles. The van der Waals surface area contributed by atoms with Crippen LogP contribution in [0.2, 0.25) is 0 Å². The normalized spacial score (nSPS) is 22.7. The Morgan fingerprint density at radius 3 is 2.23 bits per heavy atom. The Morgan fingerprint density at radius 1 is 0.950 bits per heavy atom. The van der Waals surface area contributed by atoms with E-state index in [1.165, 1.54) is 22.5 Å². The molecule has 0 spiro atoms. The number of morpholine rings is 1. The zero-order valence-electron chi connectivity index (χ0n) is 23.7. The number of rotatable bonds is 7. The van der Waals surface area contributed by atoms with Crippen molar-refractivity contribution in [2.75, 3.05) is 50.8 Å². The van der Waals surface area contributed by atoms with Crippen LogP contribution in [0.15, 0.2) is 66.0 Å². The molecular weight excluding hydrogens is 518 g/mol. The molecule has 40 heavy (non-hydrogen) atoms. The number of fused-ring (bicyclic) bond motifs is 1. The van der Waals surface area contributed by atoms with Gasteiger partial charge in [-0.25, -0.2) is 0 Å². The van der Waals surface area contributed by atoms with E-state index in [4.69, 9.17) is 4.74 Å². The SMILES string of the molecule is CC(C)(C)c1ccc(C(=O)N2CC3C(C2)C3CN(C(=O)c2cccs2)c2ccc(CN3CCOCC3)cc2)cc1. The number of hydrogen-bond donors (Lipinski definition) is 0. The summed E-state index contributed by atoms with van der Waals surface area (Å²) in [6.45, 7) is 13.2. The quantitative estimate of drug-likeness (QED) is 0.383. The van der Waals surface area contributed by atoms with E-state index in [-0.39, 0.29) is 17.2 Å². The minimum Gasteiger partial charge on any atom is -0.379 e. The van der Waals surface area contributed by atoms with Gasteiger partial charge < -0.3 is 14.5 Å². The summed E-state index contributed by atoms with van der Waals surface area (Å²) in [6, 6.07) is 20.4. The highest BCUT2D eigenvalue weighted by atomic mass is 32.1. The summed E-state index contributed by atoms with van der Waals surface area (Å²) in [7, 11) is 0. The number of benzene rings is 2. The van der Waals surface area contributed by atoms with Gasteiger partial charge >= 0.3 is 0 Å². The van der Waals surface area contributed by atoms with Crippen molar-refractivity contribution in [2.24, 2.45) is 17.8 Å². The number of likely N-dealkylation sites (tertiary alicyclic amines) is 1. The fourth-order valence-electron chi connectivity index (χ4n) is 6.23. The zero-order chi connectivity index (χ0) is 27.9. The van der Waals surface area contributed by atoms with E-state index >= 15 is 0 Å². The molecule has 3 aliphatic rings. The molecule has 1 aliphatic carbocycles. The molecule has 3 heterocycles. The number of nitrogens with zero attached hydrogens (tertiary/aromatic N) is 3. The van der Waals surface area contributed by atoms with Crippen LogP contribution in [0.5, 0.6) is 0 Å². The number of piperidine rings is 1. The van der Waals surface area contributed by atoms with Gasteiger partial charge in [-0.05, 0) is 70.0 Å². The predicted molar refractivity (Wildman–Crippen MR) is 160 cm³/mol. The molecule has 0 bridgehead atoms. The average molecular weight is 558 g/mol. The molecular formula is C33H39N3O3S. The van der Waals surface area contributed by atoms with Crippen molar-refractivity contribution in [3.05, 3.63) is 87.6 Å². The molecule has 0 N–H and O–H groups in total. The second kappa shape index (κ2) is 11.1. The number of carbonyl (C=O) groups excluding carboxylic acids is 2. The summed E-state index contributed by atoms with van der Waals surface area (Å²) >= 11 is 1.49. The van der Waals surface area contributed by atoms with Gasteiger partial charge in [-0.2, -0.15) is 0 Å².